The molecule has 1 aliphatic rings. The fourth-order valence-electron chi connectivity index (χ4n) is 10.9. The van der Waals surface area contributed by atoms with Crippen LogP contribution in [-0.2, 0) is 23.8 Å². The summed E-state index contributed by atoms with van der Waals surface area (Å²) in [6.45, 7) is 5.81. The summed E-state index contributed by atoms with van der Waals surface area (Å²) in [6, 6.07) is -1.02. The van der Waals surface area contributed by atoms with Gasteiger partial charge in [-0.25, -0.2) is 0 Å². The Balaban J connectivity index is 2.58. The standard InChI is InChI=1S/C69H129NO10/c1-4-7-10-13-16-19-22-25-27-29-30-31-32-33-34-35-37-39-42-45-48-51-54-57-64(74)80-67-66(76)65(75)63(58-71)79-69(67)78-59-60(61(72)55-52-49-46-43-40-24-21-18-15-12-9-6-3)70-68(77)62(73)56-53-50-47-44-41-38-36-28-26-23-20-17-14-11-8-5-2/h16,19,25,27,52,55,60-63,65-67,69,71-73,75-76H,4-15,17-18,20-24,26,28-51,53-54,56-59H2,1-3H3,(H,70,77)/b19-16-,27-25-,55-52+. The van der Waals surface area contributed by atoms with Gasteiger partial charge in [0.15, 0.2) is 12.4 Å². The quantitative estimate of drug-likeness (QED) is 0.0195. The van der Waals surface area contributed by atoms with Gasteiger partial charge in [-0.2, -0.15) is 0 Å². The molecule has 8 unspecified atom stereocenters. The van der Waals surface area contributed by atoms with Gasteiger partial charge in [-0.05, 0) is 57.8 Å². The lowest BCUT2D eigenvalue weighted by Gasteiger charge is -2.41. The van der Waals surface area contributed by atoms with E-state index in [1.807, 2.05) is 6.08 Å². The maximum Gasteiger partial charge on any atom is 0.306 e. The zero-order chi connectivity index (χ0) is 58.2. The van der Waals surface area contributed by atoms with E-state index in [0.717, 1.165) is 64.2 Å². The summed E-state index contributed by atoms with van der Waals surface area (Å²) in [7, 11) is 0. The van der Waals surface area contributed by atoms with Crippen LogP contribution in [0.15, 0.2) is 36.5 Å². The molecule has 0 aliphatic carbocycles. The zero-order valence-electron chi connectivity index (χ0n) is 52.2. The molecule has 0 bridgehead atoms. The summed E-state index contributed by atoms with van der Waals surface area (Å²) in [5.41, 5.74) is 0. The van der Waals surface area contributed by atoms with Gasteiger partial charge in [0.1, 0.15) is 24.4 Å². The number of carbonyl (C=O) groups is 2. The molecule has 0 aromatic rings. The number of aliphatic hydroxyl groups is 5. The molecule has 0 saturated carbocycles. The second-order valence-electron chi connectivity index (χ2n) is 23.9. The fourth-order valence-corrected chi connectivity index (χ4v) is 10.9. The van der Waals surface area contributed by atoms with Crippen LogP contribution < -0.4 is 5.32 Å². The van der Waals surface area contributed by atoms with Crippen molar-refractivity contribution in [2.75, 3.05) is 13.2 Å². The van der Waals surface area contributed by atoms with Crippen molar-refractivity contribution in [3.05, 3.63) is 36.5 Å². The Morgan fingerprint density at radius 2 is 0.863 bits per heavy atom. The molecule has 11 heteroatoms. The maximum absolute atomic E-state index is 13.4. The number of ether oxygens (including phenoxy) is 3. The van der Waals surface area contributed by atoms with Crippen molar-refractivity contribution in [3.63, 3.8) is 0 Å². The highest BCUT2D eigenvalue weighted by Gasteiger charge is 2.47. The third-order valence-electron chi connectivity index (χ3n) is 16.3. The number of allylic oxidation sites excluding steroid dienone is 5. The van der Waals surface area contributed by atoms with Crippen LogP contribution in [0.4, 0.5) is 0 Å². The Hall–Kier alpha value is -2.12. The minimum Gasteiger partial charge on any atom is -0.454 e. The predicted octanol–water partition coefficient (Wildman–Crippen LogP) is 17.0. The van der Waals surface area contributed by atoms with Crippen molar-refractivity contribution in [2.45, 2.75) is 378 Å². The van der Waals surface area contributed by atoms with Crippen molar-refractivity contribution < 1.29 is 49.3 Å². The van der Waals surface area contributed by atoms with Gasteiger partial charge < -0.3 is 45.1 Å². The van der Waals surface area contributed by atoms with Crippen molar-refractivity contribution in [3.8, 4) is 0 Å². The third-order valence-corrected chi connectivity index (χ3v) is 16.3. The highest BCUT2D eigenvalue weighted by Crippen LogP contribution is 2.26. The van der Waals surface area contributed by atoms with Crippen LogP contribution in [0, 0.1) is 0 Å². The molecule has 1 fully saturated rings. The molecule has 1 rings (SSSR count). The Morgan fingerprint density at radius 1 is 0.487 bits per heavy atom. The lowest BCUT2D eigenvalue weighted by Crippen LogP contribution is -2.61. The molecule has 1 heterocycles. The number of rotatable bonds is 59. The second-order valence-corrected chi connectivity index (χ2v) is 23.9. The Bertz CT molecular complexity index is 1440. The molecule has 8 atom stereocenters. The van der Waals surface area contributed by atoms with E-state index in [1.54, 1.807) is 6.08 Å². The smallest absolute Gasteiger partial charge is 0.306 e. The number of unbranched alkanes of at least 4 members (excludes halogenated alkanes) is 41. The Morgan fingerprint density at radius 3 is 1.30 bits per heavy atom. The second kappa shape index (κ2) is 57.3. The zero-order valence-corrected chi connectivity index (χ0v) is 52.2. The minimum absolute atomic E-state index is 0.126. The molecule has 470 valence electrons. The lowest BCUT2D eigenvalue weighted by atomic mass is 9.99. The first-order chi connectivity index (χ1) is 39.2. The van der Waals surface area contributed by atoms with E-state index in [2.05, 4.69) is 50.4 Å². The van der Waals surface area contributed by atoms with Gasteiger partial charge in [0.05, 0.1) is 25.4 Å². The van der Waals surface area contributed by atoms with E-state index >= 15 is 0 Å². The molecular formula is C69H129NO10. The predicted molar refractivity (Wildman–Crippen MR) is 334 cm³/mol. The number of esters is 1. The molecule has 80 heavy (non-hydrogen) atoms. The van der Waals surface area contributed by atoms with E-state index in [-0.39, 0.29) is 13.0 Å². The van der Waals surface area contributed by atoms with Gasteiger partial charge in [-0.3, -0.25) is 9.59 Å². The first-order valence-electron chi connectivity index (χ1n) is 34.3. The molecule has 1 aliphatic heterocycles. The summed E-state index contributed by atoms with van der Waals surface area (Å²) in [6.07, 6.45) is 59.0. The van der Waals surface area contributed by atoms with Crippen molar-refractivity contribution in [1.82, 2.24) is 5.32 Å². The summed E-state index contributed by atoms with van der Waals surface area (Å²) in [5, 5.41) is 57.1. The minimum atomic E-state index is -1.61. The SMILES string of the molecule is CCCCC/C=C\C/C=C\CCCCCCCCCCCCCCCC(=O)OC1C(OCC(NC(=O)C(O)CCCCCCCCCCCCCCCCCC)C(O)/C=C/CCCCCCCCCCCC)OC(CO)C(O)C1O. The van der Waals surface area contributed by atoms with Crippen LogP contribution in [0.1, 0.15) is 329 Å². The van der Waals surface area contributed by atoms with Crippen LogP contribution in [0.2, 0.25) is 0 Å². The largest absolute Gasteiger partial charge is 0.454 e. The van der Waals surface area contributed by atoms with E-state index < -0.39 is 67.4 Å². The summed E-state index contributed by atoms with van der Waals surface area (Å²) >= 11 is 0. The van der Waals surface area contributed by atoms with E-state index in [4.69, 9.17) is 14.2 Å². The molecule has 0 aromatic heterocycles. The monoisotopic (exact) mass is 1130 g/mol. The number of aliphatic hydroxyl groups excluding tert-OH is 5. The number of hydrogen-bond donors (Lipinski definition) is 6. The van der Waals surface area contributed by atoms with Crippen molar-refractivity contribution >= 4 is 11.9 Å². The van der Waals surface area contributed by atoms with Crippen LogP contribution in [0.5, 0.6) is 0 Å². The first-order valence-corrected chi connectivity index (χ1v) is 34.3. The summed E-state index contributed by atoms with van der Waals surface area (Å²) in [5.74, 6) is -1.18. The normalized spacial score (nSPS) is 18.9. The van der Waals surface area contributed by atoms with E-state index in [1.165, 1.54) is 218 Å². The maximum atomic E-state index is 13.4. The van der Waals surface area contributed by atoms with Gasteiger partial charge >= 0.3 is 5.97 Å². The molecular weight excluding hydrogens is 1000 g/mol. The molecule has 1 amide bonds. The molecule has 0 aromatic carbocycles. The van der Waals surface area contributed by atoms with Gasteiger partial charge in [-0.1, -0.05) is 301 Å². The molecule has 0 radical (unpaired) electrons. The van der Waals surface area contributed by atoms with Gasteiger partial charge in [0.2, 0.25) is 5.91 Å². The summed E-state index contributed by atoms with van der Waals surface area (Å²) in [4.78, 5) is 26.6. The first kappa shape index (κ1) is 75.9. The van der Waals surface area contributed by atoms with E-state index in [0.29, 0.717) is 19.3 Å². The van der Waals surface area contributed by atoms with Crippen LogP contribution in [0.25, 0.3) is 0 Å². The highest BCUT2D eigenvalue weighted by molar-refractivity contribution is 5.80. The molecule has 6 N–H and O–H groups in total. The topological polar surface area (TPSA) is 175 Å². The van der Waals surface area contributed by atoms with Gasteiger partial charge in [-0.15, -0.1) is 0 Å². The highest BCUT2D eigenvalue weighted by atomic mass is 16.7. The lowest BCUT2D eigenvalue weighted by molar-refractivity contribution is -0.305. The van der Waals surface area contributed by atoms with Gasteiger partial charge in [0, 0.05) is 6.42 Å². The Kier molecular flexibility index (Phi) is 54.4. The average Bonchev–Trinajstić information content (AvgIpc) is 3.48. The van der Waals surface area contributed by atoms with Crippen molar-refractivity contribution in [2.24, 2.45) is 0 Å². The number of amides is 1. The summed E-state index contributed by atoms with van der Waals surface area (Å²) < 4.78 is 17.7. The van der Waals surface area contributed by atoms with Crippen LogP contribution >= 0.6 is 0 Å². The van der Waals surface area contributed by atoms with Crippen molar-refractivity contribution in [1.29, 1.82) is 0 Å². The fraction of sp³-hybridized carbons (Fsp3) is 0.884. The Labute approximate surface area is 492 Å². The van der Waals surface area contributed by atoms with Crippen LogP contribution in [-0.4, -0.2) is 99.6 Å². The molecule has 1 saturated heterocycles. The number of hydrogen-bond acceptors (Lipinski definition) is 10. The van der Waals surface area contributed by atoms with Gasteiger partial charge in [0.25, 0.3) is 0 Å². The number of carbonyl (C=O) groups excluding carboxylic acids is 2. The third kappa shape index (κ3) is 44.4. The molecule has 11 nitrogen and oxygen atoms in total. The van der Waals surface area contributed by atoms with Crippen LogP contribution in [0.3, 0.4) is 0 Å². The average molecular weight is 1130 g/mol. The van der Waals surface area contributed by atoms with E-state index in [9.17, 15) is 35.1 Å². The number of nitrogens with one attached hydrogen (secondary N) is 1. The molecule has 0 spiro atoms.